The number of rotatable bonds is 5. The highest BCUT2D eigenvalue weighted by Crippen LogP contribution is 2.33. The number of hydrogen-bond acceptors (Lipinski definition) is 7. The molecule has 178 valence electrons. The Balaban J connectivity index is 1.72. The van der Waals surface area contributed by atoms with Gasteiger partial charge < -0.3 is 4.74 Å². The first-order valence-corrected chi connectivity index (χ1v) is 9.42. The van der Waals surface area contributed by atoms with Crippen molar-refractivity contribution in [2.24, 2.45) is 0 Å². The van der Waals surface area contributed by atoms with Crippen LogP contribution in [0.25, 0.3) is 23.0 Å². The molecule has 0 aliphatic rings. The molecule has 0 aliphatic carbocycles. The maximum absolute atomic E-state index is 12.8. The third-order valence-electron chi connectivity index (χ3n) is 4.85. The molecular weight excluding hydrogens is 470 g/mol. The van der Waals surface area contributed by atoms with Gasteiger partial charge in [0, 0.05) is 7.11 Å². The molecule has 2 N–H and O–H groups in total. The van der Waals surface area contributed by atoms with Gasteiger partial charge in [-0.1, -0.05) is 12.1 Å². The molecule has 0 atom stereocenters. The highest BCUT2D eigenvalue weighted by Gasteiger charge is 2.37. The fourth-order valence-corrected chi connectivity index (χ4v) is 3.00. The van der Waals surface area contributed by atoms with Crippen LogP contribution in [0.4, 0.5) is 26.3 Å². The second-order valence-electron chi connectivity index (χ2n) is 7.06. The van der Waals surface area contributed by atoms with E-state index in [1.807, 2.05) is 10.2 Å². The van der Waals surface area contributed by atoms with Crippen LogP contribution in [0, 0.1) is 0 Å². The van der Waals surface area contributed by atoms with Gasteiger partial charge in [0.2, 0.25) is 11.6 Å². The van der Waals surface area contributed by atoms with E-state index < -0.39 is 29.6 Å². The lowest BCUT2D eigenvalue weighted by atomic mass is 9.95. The van der Waals surface area contributed by atoms with Crippen molar-refractivity contribution in [2.45, 2.75) is 24.9 Å². The zero-order valence-electron chi connectivity index (χ0n) is 17.3. The van der Waals surface area contributed by atoms with E-state index in [4.69, 9.17) is 4.74 Å². The van der Waals surface area contributed by atoms with Crippen LogP contribution in [0.2, 0.25) is 0 Å². The molecule has 0 saturated heterocycles. The maximum Gasteiger partial charge on any atom is 0.451 e. The summed E-state index contributed by atoms with van der Waals surface area (Å²) in [5.41, 5.74) is -0.805. The van der Waals surface area contributed by atoms with Gasteiger partial charge in [0.15, 0.2) is 11.6 Å². The fraction of sp³-hybridized carbons (Fsp3) is 0.263. The van der Waals surface area contributed by atoms with E-state index in [9.17, 15) is 26.3 Å². The van der Waals surface area contributed by atoms with Gasteiger partial charge >= 0.3 is 12.4 Å². The standard InChI is InChI=1S/C19H14F6N8O/c1-17(34-2,11-7-3-5-9(26-11)13-28-15(32-30-13)18(20,21)22)12-8-4-6-10(27-12)14-29-16(33-31-14)19(23,24)25/h3-8H,1-2H3,(H,28,30,32)(H,29,31,33). The molecule has 0 aromatic carbocycles. The lowest BCUT2D eigenvalue weighted by Crippen LogP contribution is -2.28. The minimum Gasteiger partial charge on any atom is -0.366 e. The zero-order chi connectivity index (χ0) is 24.7. The van der Waals surface area contributed by atoms with Gasteiger partial charge in [-0.15, -0.1) is 0 Å². The van der Waals surface area contributed by atoms with E-state index in [0.717, 1.165) is 0 Å². The van der Waals surface area contributed by atoms with Crippen LogP contribution in [-0.4, -0.2) is 47.4 Å². The van der Waals surface area contributed by atoms with Crippen molar-refractivity contribution in [1.29, 1.82) is 0 Å². The van der Waals surface area contributed by atoms with Gasteiger partial charge in [0.25, 0.3) is 0 Å². The van der Waals surface area contributed by atoms with Crippen molar-refractivity contribution < 1.29 is 31.1 Å². The molecule has 9 nitrogen and oxygen atoms in total. The molecule has 0 saturated carbocycles. The molecule has 0 spiro atoms. The summed E-state index contributed by atoms with van der Waals surface area (Å²) in [7, 11) is 1.35. The van der Waals surface area contributed by atoms with E-state index in [1.54, 1.807) is 19.1 Å². The first-order chi connectivity index (χ1) is 15.9. The molecular formula is C19H14F6N8O. The van der Waals surface area contributed by atoms with Gasteiger partial charge in [-0.25, -0.2) is 19.9 Å². The Morgan fingerprint density at radius 2 is 1.09 bits per heavy atom. The zero-order valence-corrected chi connectivity index (χ0v) is 17.3. The Kier molecular flexibility index (Phi) is 5.59. The second-order valence-corrected chi connectivity index (χ2v) is 7.06. The van der Waals surface area contributed by atoms with Crippen molar-refractivity contribution in [3.63, 3.8) is 0 Å². The number of ether oxygens (including phenoxy) is 1. The Morgan fingerprint density at radius 3 is 1.41 bits per heavy atom. The molecule has 4 rings (SSSR count). The molecule has 0 fully saturated rings. The number of H-pyrrole nitrogens is 2. The first-order valence-electron chi connectivity index (χ1n) is 9.42. The Hall–Kier alpha value is -3.88. The van der Waals surface area contributed by atoms with E-state index >= 15 is 0 Å². The van der Waals surface area contributed by atoms with Crippen molar-refractivity contribution >= 4 is 0 Å². The van der Waals surface area contributed by atoms with Gasteiger partial charge in [-0.05, 0) is 31.2 Å². The molecule has 15 heteroatoms. The summed E-state index contributed by atoms with van der Waals surface area (Å²) in [6, 6.07) is 8.97. The summed E-state index contributed by atoms with van der Waals surface area (Å²) in [6.45, 7) is 1.59. The van der Waals surface area contributed by atoms with Crippen LogP contribution < -0.4 is 0 Å². The number of aromatic amines is 2. The van der Waals surface area contributed by atoms with E-state index in [0.29, 0.717) is 0 Å². The molecule has 0 aliphatic heterocycles. The van der Waals surface area contributed by atoms with Crippen LogP contribution in [-0.2, 0) is 22.7 Å². The highest BCUT2D eigenvalue weighted by atomic mass is 19.4. The SMILES string of the molecule is COC(C)(c1cccc(-c2n[nH]c(C(F)(F)F)n2)n1)c1cccc(-c2n[nH]c(C(F)(F)F)n2)n1. The van der Waals surface area contributed by atoms with Crippen molar-refractivity contribution in [3.8, 4) is 23.0 Å². The molecule has 0 amide bonds. The molecule has 4 aromatic rings. The van der Waals surface area contributed by atoms with Crippen LogP contribution in [0.1, 0.15) is 30.0 Å². The third kappa shape index (κ3) is 4.33. The number of nitrogens with zero attached hydrogens (tertiary/aromatic N) is 6. The quantitative estimate of drug-likeness (QED) is 0.411. The van der Waals surface area contributed by atoms with Crippen molar-refractivity contribution in [1.82, 2.24) is 40.3 Å². The minimum atomic E-state index is -4.71. The summed E-state index contributed by atoms with van der Waals surface area (Å²) < 4.78 is 82.7. The van der Waals surface area contributed by atoms with Crippen molar-refractivity contribution in [2.75, 3.05) is 7.11 Å². The summed E-state index contributed by atoms with van der Waals surface area (Å²) in [5.74, 6) is -3.11. The monoisotopic (exact) mass is 484 g/mol. The van der Waals surface area contributed by atoms with Gasteiger partial charge in [0.1, 0.15) is 17.0 Å². The summed E-state index contributed by atoms with van der Waals surface area (Å²) >= 11 is 0. The van der Waals surface area contributed by atoms with Crippen LogP contribution >= 0.6 is 0 Å². The predicted octanol–water partition coefficient (Wildman–Crippen LogP) is 3.99. The fourth-order valence-electron chi connectivity index (χ4n) is 3.00. The maximum atomic E-state index is 12.8. The van der Waals surface area contributed by atoms with E-state index in [1.165, 1.54) is 31.4 Å². The third-order valence-corrected chi connectivity index (χ3v) is 4.85. The van der Waals surface area contributed by atoms with Crippen LogP contribution in [0.3, 0.4) is 0 Å². The number of pyridine rings is 2. The topological polar surface area (TPSA) is 118 Å². The normalized spacial score (nSPS) is 12.8. The smallest absolute Gasteiger partial charge is 0.366 e. The average Bonchev–Trinajstić information content (AvgIpc) is 3.49. The predicted molar refractivity (Wildman–Crippen MR) is 103 cm³/mol. The molecule has 0 radical (unpaired) electrons. The Morgan fingerprint density at radius 1 is 0.676 bits per heavy atom. The molecule has 4 heterocycles. The number of methoxy groups -OCH3 is 1. The lowest BCUT2D eigenvalue weighted by molar-refractivity contribution is -0.145. The summed E-state index contributed by atoms with van der Waals surface area (Å²) in [5, 5.41) is 10.8. The van der Waals surface area contributed by atoms with Gasteiger partial charge in [-0.2, -0.15) is 36.5 Å². The summed E-state index contributed by atoms with van der Waals surface area (Å²) in [4.78, 5) is 15.5. The largest absolute Gasteiger partial charge is 0.451 e. The van der Waals surface area contributed by atoms with Crippen LogP contribution in [0.5, 0.6) is 0 Å². The van der Waals surface area contributed by atoms with Gasteiger partial charge in [-0.3, -0.25) is 10.2 Å². The Labute approximate surface area is 186 Å². The first kappa shape index (κ1) is 23.3. The number of nitrogens with one attached hydrogen (secondary N) is 2. The second kappa shape index (κ2) is 8.16. The average molecular weight is 484 g/mol. The van der Waals surface area contributed by atoms with E-state index in [-0.39, 0.29) is 34.4 Å². The van der Waals surface area contributed by atoms with E-state index in [2.05, 4.69) is 30.1 Å². The Bertz CT molecular complexity index is 1220. The molecule has 4 aromatic heterocycles. The minimum absolute atomic E-state index is 0.0347. The number of halogens is 6. The molecule has 0 bridgehead atoms. The van der Waals surface area contributed by atoms with Crippen LogP contribution in [0.15, 0.2) is 36.4 Å². The molecule has 0 unspecified atom stereocenters. The molecule has 34 heavy (non-hydrogen) atoms. The number of hydrogen-bond donors (Lipinski definition) is 2. The van der Waals surface area contributed by atoms with Gasteiger partial charge in [0.05, 0.1) is 11.4 Å². The highest BCUT2D eigenvalue weighted by molar-refractivity contribution is 5.51. The summed E-state index contributed by atoms with van der Waals surface area (Å²) in [6.07, 6.45) is -9.42. The van der Waals surface area contributed by atoms with Crippen molar-refractivity contribution in [3.05, 3.63) is 59.4 Å². The lowest BCUT2D eigenvalue weighted by Gasteiger charge is -2.27. The number of aromatic nitrogens is 8. The number of alkyl halides is 6.